The van der Waals surface area contributed by atoms with Gasteiger partial charge < -0.3 is 24.1 Å². The van der Waals surface area contributed by atoms with Gasteiger partial charge in [0.05, 0.1) is 20.3 Å². The van der Waals surface area contributed by atoms with Crippen LogP contribution >= 0.6 is 0 Å². The van der Waals surface area contributed by atoms with Crippen molar-refractivity contribution in [3.63, 3.8) is 0 Å². The molecule has 1 aliphatic rings. The molecule has 7 heteroatoms. The number of carbonyl (C=O) groups is 1. The summed E-state index contributed by atoms with van der Waals surface area (Å²) in [6, 6.07) is 9.17. The minimum Gasteiger partial charge on any atom is -0.497 e. The Morgan fingerprint density at radius 2 is 2.23 bits per heavy atom. The van der Waals surface area contributed by atoms with E-state index in [-0.39, 0.29) is 12.3 Å². The number of rotatable bonds is 8. The van der Waals surface area contributed by atoms with Gasteiger partial charge in [-0.05, 0) is 43.6 Å². The molecule has 1 N–H and O–H groups in total. The van der Waals surface area contributed by atoms with E-state index in [4.69, 9.17) is 18.7 Å². The van der Waals surface area contributed by atoms with Crippen LogP contribution in [0.4, 0.5) is 0 Å². The highest BCUT2D eigenvalue weighted by atomic mass is 16.5. The number of nitrogens with one attached hydrogen (secondary N) is 1. The fourth-order valence-electron chi connectivity index (χ4n) is 2.52. The van der Waals surface area contributed by atoms with Crippen LogP contribution in [0, 0.1) is 5.92 Å². The molecule has 26 heavy (non-hydrogen) atoms. The van der Waals surface area contributed by atoms with Gasteiger partial charge in [-0.15, -0.1) is 0 Å². The van der Waals surface area contributed by atoms with E-state index in [1.165, 1.54) is 6.42 Å². The van der Waals surface area contributed by atoms with Gasteiger partial charge in [0.25, 0.3) is 0 Å². The number of hydrogen-bond donors (Lipinski definition) is 1. The van der Waals surface area contributed by atoms with Crippen LogP contribution in [-0.2, 0) is 22.7 Å². The Bertz CT molecular complexity index is 653. The minimum absolute atomic E-state index is 0.273. The van der Waals surface area contributed by atoms with Gasteiger partial charge in [-0.3, -0.25) is 4.79 Å². The summed E-state index contributed by atoms with van der Waals surface area (Å²) in [4.78, 5) is 10.4. The predicted molar refractivity (Wildman–Crippen MR) is 96.2 cm³/mol. The fourth-order valence-corrected chi connectivity index (χ4v) is 2.52. The van der Waals surface area contributed by atoms with Crippen molar-refractivity contribution < 1.29 is 23.5 Å². The number of ether oxygens (including phenoxy) is 3. The third-order valence-corrected chi connectivity index (χ3v) is 3.86. The van der Waals surface area contributed by atoms with E-state index in [1.807, 2.05) is 31.3 Å². The molecule has 2 aromatic rings. The van der Waals surface area contributed by atoms with Crippen molar-refractivity contribution in [3.8, 4) is 5.75 Å². The van der Waals surface area contributed by atoms with E-state index in [1.54, 1.807) is 13.2 Å². The molecule has 0 saturated carbocycles. The van der Waals surface area contributed by atoms with Crippen LogP contribution in [0.5, 0.6) is 5.75 Å². The Morgan fingerprint density at radius 3 is 2.88 bits per heavy atom. The zero-order valence-corrected chi connectivity index (χ0v) is 15.3. The summed E-state index contributed by atoms with van der Waals surface area (Å²) >= 11 is 0. The topological polar surface area (TPSA) is 82.8 Å². The molecule has 1 aliphatic heterocycles. The van der Waals surface area contributed by atoms with Gasteiger partial charge in [-0.1, -0.05) is 17.3 Å². The lowest BCUT2D eigenvalue weighted by Gasteiger charge is -2.04. The molecule has 1 aromatic heterocycles. The minimum atomic E-state index is 0.273. The molecule has 0 amide bonds. The van der Waals surface area contributed by atoms with E-state index in [2.05, 4.69) is 10.5 Å². The van der Waals surface area contributed by atoms with Crippen LogP contribution in [0.3, 0.4) is 0 Å². The maximum Gasteiger partial charge on any atom is 0.171 e. The van der Waals surface area contributed by atoms with Crippen LogP contribution in [-0.4, -0.2) is 45.4 Å². The second-order valence-electron chi connectivity index (χ2n) is 5.97. The van der Waals surface area contributed by atoms with Crippen LogP contribution in [0.25, 0.3) is 0 Å². The van der Waals surface area contributed by atoms with Crippen molar-refractivity contribution in [2.45, 2.75) is 19.6 Å². The van der Waals surface area contributed by atoms with E-state index in [0.717, 1.165) is 37.0 Å². The second-order valence-corrected chi connectivity index (χ2v) is 5.97. The quantitative estimate of drug-likeness (QED) is 0.722. The average molecular weight is 362 g/mol. The van der Waals surface area contributed by atoms with Crippen molar-refractivity contribution >= 4 is 6.29 Å². The highest BCUT2D eigenvalue weighted by molar-refractivity contribution is 5.71. The highest BCUT2D eigenvalue weighted by Gasteiger charge is 2.13. The molecule has 0 radical (unpaired) electrons. The summed E-state index contributed by atoms with van der Waals surface area (Å²) in [5, 5.41) is 6.67. The normalized spacial score (nSPS) is 16.0. The summed E-state index contributed by atoms with van der Waals surface area (Å²) in [5.41, 5.74) is 1.28. The summed E-state index contributed by atoms with van der Waals surface area (Å²) < 4.78 is 20.6. The summed E-state index contributed by atoms with van der Waals surface area (Å²) in [7, 11) is 3.60. The van der Waals surface area contributed by atoms with Gasteiger partial charge in [0.15, 0.2) is 12.0 Å². The van der Waals surface area contributed by atoms with Crippen LogP contribution in [0.1, 0.15) is 28.2 Å². The number of carbonyl (C=O) groups excluding carboxylic acids is 1. The van der Waals surface area contributed by atoms with Crippen molar-refractivity contribution in [2.24, 2.45) is 5.92 Å². The third kappa shape index (κ3) is 6.95. The van der Waals surface area contributed by atoms with Crippen molar-refractivity contribution in [3.05, 3.63) is 47.3 Å². The Kier molecular flexibility index (Phi) is 8.82. The molecule has 3 rings (SSSR count). The van der Waals surface area contributed by atoms with Crippen molar-refractivity contribution in [2.75, 3.05) is 33.9 Å². The Labute approximate surface area is 153 Å². The van der Waals surface area contributed by atoms with Gasteiger partial charge in [0.2, 0.25) is 0 Å². The molecule has 1 aromatic carbocycles. The summed E-state index contributed by atoms with van der Waals surface area (Å²) in [6.07, 6.45) is 1.87. The molecule has 142 valence electrons. The lowest BCUT2D eigenvalue weighted by molar-refractivity contribution is 0.0881. The number of aldehydes is 1. The molecule has 1 atom stereocenters. The molecule has 1 saturated heterocycles. The standard InChI is InChI=1S/C13H13NO4.C6H13NO/c1-16-12-4-2-3-10(5-12)8-17-9-13-6-11(7-15)14-18-13;1-7-4-6-2-3-8-5-6/h2-7H,8-9H2,1H3;6-7H,2-5H2,1H3. The van der Waals surface area contributed by atoms with Crippen LogP contribution in [0.15, 0.2) is 34.9 Å². The van der Waals surface area contributed by atoms with Crippen LogP contribution < -0.4 is 10.1 Å². The molecule has 0 spiro atoms. The smallest absolute Gasteiger partial charge is 0.171 e. The van der Waals surface area contributed by atoms with Gasteiger partial charge >= 0.3 is 0 Å². The zero-order valence-electron chi connectivity index (χ0n) is 15.3. The Hall–Kier alpha value is -2.22. The molecule has 1 fully saturated rings. The van der Waals surface area contributed by atoms with Crippen LogP contribution in [0.2, 0.25) is 0 Å². The molecule has 0 bridgehead atoms. The van der Waals surface area contributed by atoms with Crippen molar-refractivity contribution in [1.82, 2.24) is 10.5 Å². The lowest BCUT2D eigenvalue weighted by Crippen LogP contribution is -2.18. The number of nitrogens with zero attached hydrogens (tertiary/aromatic N) is 1. The first kappa shape index (κ1) is 20.1. The average Bonchev–Trinajstić information content (AvgIpc) is 3.35. The van der Waals surface area contributed by atoms with Crippen molar-refractivity contribution in [1.29, 1.82) is 0 Å². The lowest BCUT2D eigenvalue weighted by atomic mass is 10.1. The number of hydrogen-bond acceptors (Lipinski definition) is 7. The number of methoxy groups -OCH3 is 1. The Morgan fingerprint density at radius 1 is 1.35 bits per heavy atom. The molecular formula is C19H26N2O5. The first-order chi connectivity index (χ1) is 12.7. The van der Waals surface area contributed by atoms with E-state index >= 15 is 0 Å². The molecule has 1 unspecified atom stereocenters. The number of aromatic nitrogens is 1. The predicted octanol–water partition coefficient (Wildman–Crippen LogP) is 2.45. The zero-order chi connectivity index (χ0) is 18.6. The van der Waals surface area contributed by atoms with Gasteiger partial charge in [0.1, 0.15) is 18.1 Å². The maximum atomic E-state index is 10.4. The molecule has 0 aliphatic carbocycles. The SMILES string of the molecule is CNCC1CCOC1.COc1cccc(COCc2cc(C=O)no2)c1. The van der Waals surface area contributed by atoms with E-state index < -0.39 is 0 Å². The largest absolute Gasteiger partial charge is 0.497 e. The van der Waals surface area contributed by atoms with Gasteiger partial charge in [0, 0.05) is 12.7 Å². The summed E-state index contributed by atoms with van der Waals surface area (Å²) in [5.74, 6) is 2.10. The van der Waals surface area contributed by atoms with E-state index in [9.17, 15) is 4.79 Å². The maximum absolute atomic E-state index is 10.4. The number of benzene rings is 1. The van der Waals surface area contributed by atoms with Gasteiger partial charge in [-0.2, -0.15) is 0 Å². The first-order valence-electron chi connectivity index (χ1n) is 8.59. The molecule has 2 heterocycles. The highest BCUT2D eigenvalue weighted by Crippen LogP contribution is 2.14. The summed E-state index contributed by atoms with van der Waals surface area (Å²) in [6.45, 7) is 3.75. The Balaban J connectivity index is 0.000000254. The molecular weight excluding hydrogens is 336 g/mol. The third-order valence-electron chi connectivity index (χ3n) is 3.86. The fraction of sp³-hybridized carbons (Fsp3) is 0.474. The van der Waals surface area contributed by atoms with E-state index in [0.29, 0.717) is 18.7 Å². The molecule has 7 nitrogen and oxygen atoms in total. The van der Waals surface area contributed by atoms with Gasteiger partial charge in [-0.25, -0.2) is 0 Å². The second kappa shape index (κ2) is 11.4. The monoisotopic (exact) mass is 362 g/mol. The first-order valence-corrected chi connectivity index (χ1v) is 8.59.